The average Bonchev–Trinajstić information content (AvgIpc) is 3.12. The molecule has 0 radical (unpaired) electrons. The molecule has 2 bridgehead atoms. The van der Waals surface area contributed by atoms with Crippen LogP contribution in [0.4, 0.5) is 0 Å². The van der Waals surface area contributed by atoms with Gasteiger partial charge in [0.15, 0.2) is 21.2 Å². The number of hydrogen-bond donors (Lipinski definition) is 2. The van der Waals surface area contributed by atoms with E-state index in [4.69, 9.17) is 9.47 Å². The number of aromatic hydroxyl groups is 2. The SMILES string of the molecule is CN1C(=O)[C@]23CC4=COC=C[C@H](OC(=O)c5ccc(O)c(O)c5)[C@H]4N2C(=O)C1(Cc1ccccc1)SS3. The van der Waals surface area contributed by atoms with Gasteiger partial charge in [0, 0.05) is 19.9 Å². The highest BCUT2D eigenvalue weighted by atomic mass is 33.1. The summed E-state index contributed by atoms with van der Waals surface area (Å²) in [6.45, 7) is 0. The van der Waals surface area contributed by atoms with Crippen LogP contribution in [0.3, 0.4) is 0 Å². The number of phenols is 2. The van der Waals surface area contributed by atoms with Crippen molar-refractivity contribution < 1.29 is 34.1 Å². The molecule has 5 heterocycles. The normalized spacial score (nSPS) is 29.8. The fraction of sp³-hybridized carbons (Fsp3) is 0.269. The lowest BCUT2D eigenvalue weighted by Gasteiger charge is -2.58. The molecule has 0 aliphatic carbocycles. The van der Waals surface area contributed by atoms with Crippen molar-refractivity contribution in [3.63, 3.8) is 0 Å². The van der Waals surface area contributed by atoms with Gasteiger partial charge in [0.25, 0.3) is 11.8 Å². The number of likely N-dealkylation sites (N-methyl/N-ethyl adjacent to an activating group) is 1. The fourth-order valence-electron chi connectivity index (χ4n) is 5.28. The standard InChI is InChI=1S/C26H22N2O7S2/c1-27-23(32)26-13-17-14-34-10-9-20(35-22(31)16-7-8-18(29)19(30)11-16)21(17)28(26)24(33)25(27,36-37-26)12-15-5-3-2-4-6-15/h2-11,14,20-21,29-30H,12-13H2,1H3/t20-,21-,25?,26+/m0/s1. The summed E-state index contributed by atoms with van der Waals surface area (Å²) in [6.07, 6.45) is 4.05. The Morgan fingerprint density at radius 2 is 1.89 bits per heavy atom. The number of hydrogen-bond acceptors (Lipinski definition) is 9. The predicted molar refractivity (Wildman–Crippen MR) is 136 cm³/mol. The maximum absolute atomic E-state index is 14.3. The van der Waals surface area contributed by atoms with Crippen molar-refractivity contribution in [3.05, 3.63) is 83.8 Å². The molecule has 5 aliphatic rings. The third-order valence-electron chi connectivity index (χ3n) is 7.16. The number of fused-ring (bicyclic) bond motifs is 3. The molecule has 190 valence electrons. The Hall–Kier alpha value is -3.57. The lowest BCUT2D eigenvalue weighted by atomic mass is 9.97. The van der Waals surface area contributed by atoms with Gasteiger partial charge >= 0.3 is 5.97 Å². The number of nitrogens with zero attached hydrogens (tertiary/aromatic N) is 2. The summed E-state index contributed by atoms with van der Waals surface area (Å²) in [5, 5.41) is 19.4. The summed E-state index contributed by atoms with van der Waals surface area (Å²) in [6, 6.07) is 12.4. The molecule has 4 atom stereocenters. The summed E-state index contributed by atoms with van der Waals surface area (Å²) in [5.74, 6) is -1.99. The molecule has 0 aromatic heterocycles. The first-order valence-electron chi connectivity index (χ1n) is 11.5. The Bertz CT molecular complexity index is 1380. The average molecular weight is 539 g/mol. The van der Waals surface area contributed by atoms with E-state index in [1.807, 2.05) is 30.3 Å². The van der Waals surface area contributed by atoms with E-state index in [0.717, 1.165) is 11.6 Å². The molecular weight excluding hydrogens is 516 g/mol. The number of phenolic OH excluding ortho intramolecular Hbond substituents is 2. The minimum atomic E-state index is -1.18. The topological polar surface area (TPSA) is 117 Å². The van der Waals surface area contributed by atoms with Gasteiger partial charge in [0.1, 0.15) is 6.10 Å². The summed E-state index contributed by atoms with van der Waals surface area (Å²) in [5.41, 5.74) is 1.61. The van der Waals surface area contributed by atoms with Crippen LogP contribution in [0.2, 0.25) is 0 Å². The molecule has 0 saturated carbocycles. The van der Waals surface area contributed by atoms with Crippen molar-refractivity contribution in [2.45, 2.75) is 34.7 Å². The number of ether oxygens (including phenoxy) is 2. The molecule has 4 saturated heterocycles. The van der Waals surface area contributed by atoms with Crippen molar-refractivity contribution in [1.82, 2.24) is 9.80 Å². The zero-order chi connectivity index (χ0) is 25.9. The molecule has 9 nitrogen and oxygen atoms in total. The summed E-state index contributed by atoms with van der Waals surface area (Å²) < 4.78 is 11.3. The monoisotopic (exact) mass is 538 g/mol. The van der Waals surface area contributed by atoms with Gasteiger partial charge in [0.2, 0.25) is 0 Å². The lowest BCUT2D eigenvalue weighted by Crippen LogP contribution is -2.77. The molecule has 11 heteroatoms. The molecule has 37 heavy (non-hydrogen) atoms. The van der Waals surface area contributed by atoms with Gasteiger partial charge in [0.05, 0.1) is 24.1 Å². The minimum Gasteiger partial charge on any atom is -0.504 e. The molecule has 5 aliphatic heterocycles. The second-order valence-electron chi connectivity index (χ2n) is 9.29. The van der Waals surface area contributed by atoms with Crippen LogP contribution in [-0.4, -0.2) is 66.7 Å². The molecule has 7 rings (SSSR count). The number of carbonyl (C=O) groups is 3. The van der Waals surface area contributed by atoms with Crippen LogP contribution >= 0.6 is 21.6 Å². The van der Waals surface area contributed by atoms with Crippen molar-refractivity contribution in [2.75, 3.05) is 7.05 Å². The molecular formula is C26H22N2O7S2. The Morgan fingerprint density at radius 1 is 1.11 bits per heavy atom. The van der Waals surface area contributed by atoms with Gasteiger partial charge < -0.3 is 29.5 Å². The van der Waals surface area contributed by atoms with Crippen LogP contribution < -0.4 is 0 Å². The number of carbonyl (C=O) groups excluding carboxylic acids is 3. The van der Waals surface area contributed by atoms with E-state index in [1.165, 1.54) is 52.3 Å². The quantitative estimate of drug-likeness (QED) is 0.344. The van der Waals surface area contributed by atoms with Gasteiger partial charge in [-0.3, -0.25) is 9.59 Å². The summed E-state index contributed by atoms with van der Waals surface area (Å²) in [4.78, 5) is 41.9. The summed E-state index contributed by atoms with van der Waals surface area (Å²) >= 11 is 0. The minimum absolute atomic E-state index is 0.0277. The van der Waals surface area contributed by atoms with Crippen LogP contribution in [-0.2, 0) is 25.5 Å². The Labute approximate surface area is 220 Å². The van der Waals surface area contributed by atoms with Crippen molar-refractivity contribution in [2.24, 2.45) is 0 Å². The van der Waals surface area contributed by atoms with Crippen LogP contribution in [0.1, 0.15) is 22.3 Å². The molecule has 4 fully saturated rings. The molecule has 2 amide bonds. The molecule has 1 unspecified atom stereocenters. The van der Waals surface area contributed by atoms with Crippen LogP contribution in [0.5, 0.6) is 11.5 Å². The molecule has 2 aromatic rings. The molecule has 1 spiro atoms. The first-order chi connectivity index (χ1) is 17.8. The second-order valence-corrected chi connectivity index (χ2v) is 12.0. The Kier molecular flexibility index (Phi) is 5.46. The van der Waals surface area contributed by atoms with Gasteiger partial charge in [-0.1, -0.05) is 51.9 Å². The highest BCUT2D eigenvalue weighted by molar-refractivity contribution is 8.78. The number of esters is 1. The number of rotatable bonds is 4. The van der Waals surface area contributed by atoms with Crippen LogP contribution in [0.15, 0.2) is 72.7 Å². The Balaban J connectivity index is 1.38. The first-order valence-corrected chi connectivity index (χ1v) is 13.7. The highest BCUT2D eigenvalue weighted by Gasteiger charge is 2.73. The molecule has 2 aromatic carbocycles. The number of amides is 2. The van der Waals surface area contributed by atoms with E-state index >= 15 is 0 Å². The smallest absolute Gasteiger partial charge is 0.338 e. The Morgan fingerprint density at radius 3 is 2.65 bits per heavy atom. The fourth-order valence-corrected chi connectivity index (χ4v) is 9.05. The van der Waals surface area contributed by atoms with E-state index in [1.54, 1.807) is 16.8 Å². The van der Waals surface area contributed by atoms with Gasteiger partial charge in [-0.05, 0) is 35.4 Å². The van der Waals surface area contributed by atoms with Crippen LogP contribution in [0.25, 0.3) is 0 Å². The third-order valence-corrected chi connectivity index (χ3v) is 10.8. The van der Waals surface area contributed by atoms with Gasteiger partial charge in [-0.25, -0.2) is 4.79 Å². The van der Waals surface area contributed by atoms with Crippen molar-refractivity contribution in [1.29, 1.82) is 0 Å². The van der Waals surface area contributed by atoms with E-state index < -0.39 is 33.6 Å². The molecule has 2 N–H and O–H groups in total. The van der Waals surface area contributed by atoms with E-state index in [-0.39, 0.29) is 29.5 Å². The largest absolute Gasteiger partial charge is 0.504 e. The van der Waals surface area contributed by atoms with Gasteiger partial charge in [-0.15, -0.1) is 0 Å². The summed E-state index contributed by atoms with van der Waals surface area (Å²) in [7, 11) is 4.43. The van der Waals surface area contributed by atoms with Crippen molar-refractivity contribution >= 4 is 39.4 Å². The third kappa shape index (κ3) is 3.44. The van der Waals surface area contributed by atoms with Crippen LogP contribution in [0, 0.1) is 0 Å². The predicted octanol–water partition coefficient (Wildman–Crippen LogP) is 3.15. The van der Waals surface area contributed by atoms with Gasteiger partial charge in [-0.2, -0.15) is 0 Å². The maximum Gasteiger partial charge on any atom is 0.338 e. The van der Waals surface area contributed by atoms with Crippen molar-refractivity contribution in [3.8, 4) is 11.5 Å². The van der Waals surface area contributed by atoms with E-state index in [9.17, 15) is 24.6 Å². The number of benzene rings is 2. The lowest BCUT2D eigenvalue weighted by molar-refractivity contribution is -0.166. The zero-order valence-corrected chi connectivity index (χ0v) is 21.2. The number of piperazine rings is 1. The van der Waals surface area contributed by atoms with E-state index in [2.05, 4.69) is 0 Å². The second kappa shape index (κ2) is 8.49. The first kappa shape index (κ1) is 23.8. The zero-order valence-electron chi connectivity index (χ0n) is 19.6. The maximum atomic E-state index is 14.3. The highest BCUT2D eigenvalue weighted by Crippen LogP contribution is 2.65. The van der Waals surface area contributed by atoms with E-state index in [0.29, 0.717) is 12.0 Å².